The van der Waals surface area contributed by atoms with Crippen molar-refractivity contribution in [2.75, 3.05) is 25.8 Å². The van der Waals surface area contributed by atoms with Gasteiger partial charge in [-0.3, -0.25) is 5.10 Å². The molecule has 0 saturated heterocycles. The molecule has 2 N–H and O–H groups in total. The van der Waals surface area contributed by atoms with Crippen LogP contribution in [0.3, 0.4) is 0 Å². The van der Waals surface area contributed by atoms with E-state index in [2.05, 4.69) is 25.5 Å². The number of aromatic amines is 1. The standard InChI is InChI=1S/C20H19N5O4S/c1-28-16-8-7-13(10-17(16)29-2)22-20-18-15(11-21-25-18)23-19(24-20)12-5-4-6-14(9-12)30(3,26)27/h4-11H,1-3H3,(H,21,25)(H,22,23,24). The van der Waals surface area contributed by atoms with E-state index in [0.29, 0.717) is 39.7 Å². The summed E-state index contributed by atoms with van der Waals surface area (Å²) in [6, 6.07) is 11.9. The van der Waals surface area contributed by atoms with Crippen LogP contribution in [0.25, 0.3) is 22.4 Å². The summed E-state index contributed by atoms with van der Waals surface area (Å²) in [7, 11) is -0.222. The molecule has 0 saturated carbocycles. The maximum absolute atomic E-state index is 11.9. The number of benzene rings is 2. The van der Waals surface area contributed by atoms with Crippen LogP contribution in [0, 0.1) is 0 Å². The van der Waals surface area contributed by atoms with Crippen LogP contribution in [-0.4, -0.2) is 49.1 Å². The minimum Gasteiger partial charge on any atom is -0.493 e. The fourth-order valence-corrected chi connectivity index (χ4v) is 3.64. The fraction of sp³-hybridized carbons (Fsp3) is 0.150. The summed E-state index contributed by atoms with van der Waals surface area (Å²) in [4.78, 5) is 9.31. The van der Waals surface area contributed by atoms with E-state index in [9.17, 15) is 8.42 Å². The second kappa shape index (κ2) is 7.64. The van der Waals surface area contributed by atoms with Crippen LogP contribution < -0.4 is 14.8 Å². The van der Waals surface area contributed by atoms with Gasteiger partial charge in [0, 0.05) is 23.6 Å². The molecular weight excluding hydrogens is 406 g/mol. The molecule has 0 spiro atoms. The summed E-state index contributed by atoms with van der Waals surface area (Å²) in [5.41, 5.74) is 2.51. The molecule has 0 amide bonds. The third kappa shape index (κ3) is 3.77. The lowest BCUT2D eigenvalue weighted by Gasteiger charge is -2.12. The summed E-state index contributed by atoms with van der Waals surface area (Å²) in [5, 5.41) is 10.2. The number of anilines is 2. The second-order valence-electron chi connectivity index (χ2n) is 6.52. The number of hydrogen-bond acceptors (Lipinski definition) is 8. The van der Waals surface area contributed by atoms with Crippen LogP contribution in [0.15, 0.2) is 53.6 Å². The molecule has 0 bridgehead atoms. The van der Waals surface area contributed by atoms with Gasteiger partial charge >= 0.3 is 0 Å². The molecule has 0 fully saturated rings. The van der Waals surface area contributed by atoms with E-state index in [1.165, 1.54) is 6.07 Å². The number of H-pyrrole nitrogens is 1. The first-order valence-electron chi connectivity index (χ1n) is 8.89. The lowest BCUT2D eigenvalue weighted by molar-refractivity contribution is 0.355. The zero-order valence-corrected chi connectivity index (χ0v) is 17.3. The summed E-state index contributed by atoms with van der Waals surface area (Å²) in [6.07, 6.45) is 2.75. The number of rotatable bonds is 6. The van der Waals surface area contributed by atoms with Crippen LogP contribution in [0.5, 0.6) is 11.5 Å². The zero-order valence-electron chi connectivity index (χ0n) is 16.5. The van der Waals surface area contributed by atoms with Crippen molar-refractivity contribution >= 4 is 32.4 Å². The quantitative estimate of drug-likeness (QED) is 0.483. The maximum atomic E-state index is 11.9. The third-order valence-corrected chi connectivity index (χ3v) is 5.58. The summed E-state index contributed by atoms with van der Waals surface area (Å²) in [5.74, 6) is 2.04. The van der Waals surface area contributed by atoms with E-state index >= 15 is 0 Å². The van der Waals surface area contributed by atoms with E-state index in [4.69, 9.17) is 9.47 Å². The average molecular weight is 425 g/mol. The van der Waals surface area contributed by atoms with E-state index in [-0.39, 0.29) is 4.90 Å². The SMILES string of the molecule is COc1ccc(Nc2nc(-c3cccc(S(C)(=O)=O)c3)nc3cn[nH]c23)cc1OC. The molecule has 0 unspecified atom stereocenters. The number of fused-ring (bicyclic) bond motifs is 1. The Labute approximate surface area is 173 Å². The van der Waals surface area contributed by atoms with Gasteiger partial charge in [0.2, 0.25) is 0 Å². The smallest absolute Gasteiger partial charge is 0.175 e. The van der Waals surface area contributed by atoms with Crippen molar-refractivity contribution in [3.05, 3.63) is 48.7 Å². The highest BCUT2D eigenvalue weighted by atomic mass is 32.2. The highest BCUT2D eigenvalue weighted by Crippen LogP contribution is 2.32. The Balaban J connectivity index is 1.80. The van der Waals surface area contributed by atoms with Crippen LogP contribution >= 0.6 is 0 Å². The number of nitrogens with zero attached hydrogens (tertiary/aromatic N) is 3. The number of methoxy groups -OCH3 is 2. The lowest BCUT2D eigenvalue weighted by Crippen LogP contribution is -2.01. The molecule has 4 rings (SSSR count). The molecule has 0 aliphatic carbocycles. The molecule has 30 heavy (non-hydrogen) atoms. The topological polar surface area (TPSA) is 119 Å². The van der Waals surface area contributed by atoms with E-state index in [1.807, 2.05) is 6.07 Å². The van der Waals surface area contributed by atoms with Crippen molar-refractivity contribution in [3.8, 4) is 22.9 Å². The normalized spacial score (nSPS) is 11.4. The van der Waals surface area contributed by atoms with Gasteiger partial charge in [0.25, 0.3) is 0 Å². The van der Waals surface area contributed by atoms with Gasteiger partial charge in [0.05, 0.1) is 25.3 Å². The summed E-state index contributed by atoms with van der Waals surface area (Å²) >= 11 is 0. The monoisotopic (exact) mass is 425 g/mol. The molecule has 0 aliphatic rings. The van der Waals surface area contributed by atoms with Crippen molar-refractivity contribution in [1.82, 2.24) is 20.2 Å². The van der Waals surface area contributed by atoms with Gasteiger partial charge in [0.1, 0.15) is 11.0 Å². The summed E-state index contributed by atoms with van der Waals surface area (Å²) < 4.78 is 34.5. The Bertz CT molecular complexity index is 1330. The molecule has 2 aromatic carbocycles. The van der Waals surface area contributed by atoms with E-state index < -0.39 is 9.84 Å². The Morgan fingerprint density at radius 3 is 2.53 bits per heavy atom. The number of ether oxygens (including phenoxy) is 2. The van der Waals surface area contributed by atoms with Crippen LogP contribution in [0.2, 0.25) is 0 Å². The van der Waals surface area contributed by atoms with Gasteiger partial charge in [-0.15, -0.1) is 0 Å². The Morgan fingerprint density at radius 2 is 1.80 bits per heavy atom. The molecule has 10 heteroatoms. The molecule has 2 aromatic heterocycles. The predicted molar refractivity (Wildman–Crippen MR) is 113 cm³/mol. The lowest BCUT2D eigenvalue weighted by atomic mass is 10.2. The maximum Gasteiger partial charge on any atom is 0.175 e. The highest BCUT2D eigenvalue weighted by molar-refractivity contribution is 7.90. The molecule has 4 aromatic rings. The first-order valence-corrected chi connectivity index (χ1v) is 10.8. The number of aromatic nitrogens is 4. The minimum absolute atomic E-state index is 0.199. The number of hydrogen-bond donors (Lipinski definition) is 2. The van der Waals surface area contributed by atoms with Gasteiger partial charge in [-0.25, -0.2) is 18.4 Å². The first-order chi connectivity index (χ1) is 14.4. The Morgan fingerprint density at radius 1 is 1.00 bits per heavy atom. The van der Waals surface area contributed by atoms with Crippen molar-refractivity contribution < 1.29 is 17.9 Å². The average Bonchev–Trinajstić information content (AvgIpc) is 3.22. The number of nitrogens with one attached hydrogen (secondary N) is 2. The molecule has 154 valence electrons. The van der Waals surface area contributed by atoms with Crippen LogP contribution in [0.4, 0.5) is 11.5 Å². The fourth-order valence-electron chi connectivity index (χ4n) is 2.98. The van der Waals surface area contributed by atoms with Crippen molar-refractivity contribution in [3.63, 3.8) is 0 Å². The Kier molecular flexibility index (Phi) is 5.00. The molecule has 2 heterocycles. The molecular formula is C20H19N5O4S. The molecule has 0 atom stereocenters. The van der Waals surface area contributed by atoms with Gasteiger partial charge < -0.3 is 14.8 Å². The van der Waals surface area contributed by atoms with Crippen molar-refractivity contribution in [2.24, 2.45) is 0 Å². The third-order valence-electron chi connectivity index (χ3n) is 4.47. The molecule has 0 radical (unpaired) electrons. The van der Waals surface area contributed by atoms with Crippen molar-refractivity contribution in [2.45, 2.75) is 4.90 Å². The zero-order chi connectivity index (χ0) is 21.3. The van der Waals surface area contributed by atoms with E-state index in [1.54, 1.807) is 50.7 Å². The van der Waals surface area contributed by atoms with Gasteiger partial charge in [-0.1, -0.05) is 12.1 Å². The van der Waals surface area contributed by atoms with Gasteiger partial charge in [-0.2, -0.15) is 5.10 Å². The van der Waals surface area contributed by atoms with Gasteiger partial charge in [0.15, 0.2) is 33.0 Å². The molecule has 0 aliphatic heterocycles. The Hall–Kier alpha value is -3.66. The minimum atomic E-state index is -3.35. The first kappa shape index (κ1) is 19.6. The second-order valence-corrected chi connectivity index (χ2v) is 8.54. The predicted octanol–water partition coefficient (Wildman–Crippen LogP) is 3.18. The summed E-state index contributed by atoms with van der Waals surface area (Å²) in [6.45, 7) is 0. The van der Waals surface area contributed by atoms with Crippen LogP contribution in [0.1, 0.15) is 0 Å². The highest BCUT2D eigenvalue weighted by Gasteiger charge is 2.15. The van der Waals surface area contributed by atoms with E-state index in [0.717, 1.165) is 11.9 Å². The number of sulfone groups is 1. The molecule has 9 nitrogen and oxygen atoms in total. The largest absolute Gasteiger partial charge is 0.493 e. The van der Waals surface area contributed by atoms with Crippen LogP contribution in [-0.2, 0) is 9.84 Å². The van der Waals surface area contributed by atoms with Crippen molar-refractivity contribution in [1.29, 1.82) is 0 Å². The van der Waals surface area contributed by atoms with Gasteiger partial charge in [-0.05, 0) is 24.3 Å².